The van der Waals surface area contributed by atoms with Crippen LogP contribution in [0.1, 0.15) is 32.6 Å². The Kier molecular flexibility index (Phi) is 4.08. The molecule has 0 bridgehead atoms. The average molecular weight is 234 g/mol. The molecule has 1 saturated carbocycles. The zero-order valence-corrected chi connectivity index (χ0v) is 10.2. The van der Waals surface area contributed by atoms with Crippen LogP contribution in [-0.2, 0) is 0 Å². The van der Waals surface area contributed by atoms with Gasteiger partial charge < -0.3 is 14.8 Å². The Hall–Kier alpha value is -0.995. The molecule has 0 heterocycles. The monoisotopic (exact) mass is 234 g/mol. The quantitative estimate of drug-likeness (QED) is 0.775. The number of ether oxygens (including phenoxy) is 1. The molecule has 1 fully saturated rings. The third-order valence-corrected chi connectivity index (χ3v) is 3.37. The highest BCUT2D eigenvalue weighted by molar-refractivity contribution is 6.58. The van der Waals surface area contributed by atoms with E-state index < -0.39 is 7.12 Å². The van der Waals surface area contributed by atoms with Crippen LogP contribution in [0.3, 0.4) is 0 Å². The Balaban J connectivity index is 1.94. The molecule has 2 atom stereocenters. The maximum absolute atomic E-state index is 8.99. The van der Waals surface area contributed by atoms with Crippen LogP contribution in [0.15, 0.2) is 24.3 Å². The molecule has 0 aliphatic heterocycles. The van der Waals surface area contributed by atoms with Crippen molar-refractivity contribution in [3.05, 3.63) is 24.3 Å². The van der Waals surface area contributed by atoms with Gasteiger partial charge in [-0.3, -0.25) is 0 Å². The van der Waals surface area contributed by atoms with E-state index in [0.29, 0.717) is 11.6 Å². The molecule has 1 aromatic carbocycles. The molecule has 0 spiro atoms. The summed E-state index contributed by atoms with van der Waals surface area (Å²) < 4.78 is 5.90. The minimum absolute atomic E-state index is 0.309. The summed E-state index contributed by atoms with van der Waals surface area (Å²) in [5, 5.41) is 18.0. The zero-order chi connectivity index (χ0) is 12.3. The fourth-order valence-electron chi connectivity index (χ4n) is 2.40. The number of rotatable bonds is 3. The Morgan fingerprint density at radius 1 is 1.18 bits per heavy atom. The van der Waals surface area contributed by atoms with Crippen LogP contribution >= 0.6 is 0 Å². The normalized spacial score (nSPS) is 24.4. The van der Waals surface area contributed by atoms with E-state index in [1.165, 1.54) is 12.8 Å². The van der Waals surface area contributed by atoms with Crippen LogP contribution in [-0.4, -0.2) is 23.3 Å². The lowest BCUT2D eigenvalue weighted by molar-refractivity contribution is 0.129. The lowest BCUT2D eigenvalue weighted by atomic mass is 9.80. The molecule has 1 aliphatic rings. The van der Waals surface area contributed by atoms with Crippen LogP contribution in [0.5, 0.6) is 5.75 Å². The maximum atomic E-state index is 8.99. The summed E-state index contributed by atoms with van der Waals surface area (Å²) in [6.45, 7) is 2.26. The van der Waals surface area contributed by atoms with Crippen molar-refractivity contribution in [3.8, 4) is 5.75 Å². The minimum atomic E-state index is -1.40. The fraction of sp³-hybridized carbons (Fsp3) is 0.538. The van der Waals surface area contributed by atoms with Gasteiger partial charge in [0.1, 0.15) is 5.75 Å². The summed E-state index contributed by atoms with van der Waals surface area (Å²) in [6, 6.07) is 6.97. The first-order chi connectivity index (χ1) is 8.15. The minimum Gasteiger partial charge on any atom is -0.490 e. The number of hydrogen-bond donors (Lipinski definition) is 2. The lowest BCUT2D eigenvalue weighted by Gasteiger charge is -2.27. The molecule has 0 radical (unpaired) electrons. The molecule has 3 nitrogen and oxygen atoms in total. The first kappa shape index (κ1) is 12.5. The molecule has 2 rings (SSSR count). The van der Waals surface area contributed by atoms with Gasteiger partial charge in [-0.1, -0.05) is 25.5 Å². The van der Waals surface area contributed by atoms with Gasteiger partial charge in [0.15, 0.2) is 0 Å². The van der Waals surface area contributed by atoms with Crippen LogP contribution in [0.25, 0.3) is 0 Å². The molecule has 4 heteroatoms. The van der Waals surface area contributed by atoms with Crippen molar-refractivity contribution >= 4 is 12.6 Å². The maximum Gasteiger partial charge on any atom is 0.488 e. The first-order valence-electron chi connectivity index (χ1n) is 6.28. The second-order valence-corrected chi connectivity index (χ2v) is 4.95. The van der Waals surface area contributed by atoms with E-state index in [0.717, 1.165) is 24.5 Å². The van der Waals surface area contributed by atoms with Crippen molar-refractivity contribution in [2.24, 2.45) is 5.92 Å². The first-order valence-corrected chi connectivity index (χ1v) is 6.28. The Labute approximate surface area is 103 Å². The fourth-order valence-corrected chi connectivity index (χ4v) is 2.40. The Bertz CT molecular complexity index is 350. The standard InChI is InChI=1S/C13H19BO3/c1-10-3-2-4-13(9-10)17-12-7-5-11(6-8-12)14(15)16/h5-8,10,13,15-16H,2-4,9H2,1H3. The van der Waals surface area contributed by atoms with Gasteiger partial charge in [0.25, 0.3) is 0 Å². The van der Waals surface area contributed by atoms with Crippen molar-refractivity contribution in [3.63, 3.8) is 0 Å². The van der Waals surface area contributed by atoms with Crippen LogP contribution < -0.4 is 10.2 Å². The highest BCUT2D eigenvalue weighted by atomic mass is 16.5. The largest absolute Gasteiger partial charge is 0.490 e. The summed E-state index contributed by atoms with van der Waals surface area (Å²) in [6.07, 6.45) is 5.08. The van der Waals surface area contributed by atoms with Gasteiger partial charge in [0, 0.05) is 0 Å². The third-order valence-electron chi connectivity index (χ3n) is 3.37. The van der Waals surface area contributed by atoms with Crippen molar-refractivity contribution in [2.45, 2.75) is 38.7 Å². The molecule has 1 aliphatic carbocycles. The predicted octanol–water partition coefficient (Wildman–Crippen LogP) is 1.32. The second kappa shape index (κ2) is 5.56. The van der Waals surface area contributed by atoms with E-state index >= 15 is 0 Å². The van der Waals surface area contributed by atoms with Crippen molar-refractivity contribution < 1.29 is 14.8 Å². The van der Waals surface area contributed by atoms with Gasteiger partial charge in [-0.25, -0.2) is 0 Å². The van der Waals surface area contributed by atoms with Crippen LogP contribution in [0.2, 0.25) is 0 Å². The van der Waals surface area contributed by atoms with E-state index in [4.69, 9.17) is 14.8 Å². The van der Waals surface area contributed by atoms with Crippen molar-refractivity contribution in [1.29, 1.82) is 0 Å². The third kappa shape index (κ3) is 3.48. The Morgan fingerprint density at radius 2 is 1.88 bits per heavy atom. The number of benzene rings is 1. The highest BCUT2D eigenvalue weighted by Crippen LogP contribution is 2.26. The summed E-state index contributed by atoms with van der Waals surface area (Å²) in [5.74, 6) is 1.56. The molecule has 0 saturated heterocycles. The SMILES string of the molecule is CC1CCCC(Oc2ccc(B(O)O)cc2)C1. The number of hydrogen-bond acceptors (Lipinski definition) is 3. The van der Waals surface area contributed by atoms with E-state index in [-0.39, 0.29) is 0 Å². The molecule has 17 heavy (non-hydrogen) atoms. The van der Waals surface area contributed by atoms with E-state index in [1.54, 1.807) is 24.3 Å². The van der Waals surface area contributed by atoms with E-state index in [2.05, 4.69) is 6.92 Å². The molecule has 1 aromatic rings. The summed E-state index contributed by atoms with van der Waals surface area (Å²) in [4.78, 5) is 0. The van der Waals surface area contributed by atoms with Gasteiger partial charge in [0.05, 0.1) is 6.10 Å². The summed E-state index contributed by atoms with van der Waals surface area (Å²) in [5.41, 5.74) is 0.495. The van der Waals surface area contributed by atoms with Crippen molar-refractivity contribution in [1.82, 2.24) is 0 Å². The lowest BCUT2D eigenvalue weighted by Crippen LogP contribution is -2.29. The molecule has 0 aromatic heterocycles. The van der Waals surface area contributed by atoms with Gasteiger partial charge in [-0.15, -0.1) is 0 Å². The summed E-state index contributed by atoms with van der Waals surface area (Å²) >= 11 is 0. The molecular formula is C13H19BO3. The molecule has 92 valence electrons. The van der Waals surface area contributed by atoms with E-state index in [9.17, 15) is 0 Å². The van der Waals surface area contributed by atoms with Gasteiger partial charge in [-0.05, 0) is 42.8 Å². The summed E-state index contributed by atoms with van der Waals surface area (Å²) in [7, 11) is -1.40. The zero-order valence-electron chi connectivity index (χ0n) is 10.2. The topological polar surface area (TPSA) is 49.7 Å². The van der Waals surface area contributed by atoms with Gasteiger partial charge >= 0.3 is 7.12 Å². The van der Waals surface area contributed by atoms with Crippen LogP contribution in [0.4, 0.5) is 0 Å². The highest BCUT2D eigenvalue weighted by Gasteiger charge is 2.20. The van der Waals surface area contributed by atoms with E-state index in [1.807, 2.05) is 0 Å². The van der Waals surface area contributed by atoms with Gasteiger partial charge in [0.2, 0.25) is 0 Å². The van der Waals surface area contributed by atoms with Crippen molar-refractivity contribution in [2.75, 3.05) is 0 Å². The molecule has 2 unspecified atom stereocenters. The average Bonchev–Trinajstić information content (AvgIpc) is 2.29. The molecule has 2 N–H and O–H groups in total. The predicted molar refractivity (Wildman–Crippen MR) is 68.3 cm³/mol. The molecule has 0 amide bonds. The smallest absolute Gasteiger partial charge is 0.488 e. The Morgan fingerprint density at radius 3 is 2.47 bits per heavy atom. The second-order valence-electron chi connectivity index (χ2n) is 4.95. The van der Waals surface area contributed by atoms with Crippen LogP contribution in [0, 0.1) is 5.92 Å². The molecular weight excluding hydrogens is 215 g/mol. The van der Waals surface area contributed by atoms with Gasteiger partial charge in [-0.2, -0.15) is 0 Å².